The van der Waals surface area contributed by atoms with E-state index in [0.29, 0.717) is 23.9 Å². The molecule has 0 radical (unpaired) electrons. The average Bonchev–Trinajstić information content (AvgIpc) is 2.78. The highest BCUT2D eigenvalue weighted by molar-refractivity contribution is 5.21. The molecule has 3 atom stereocenters. The lowest BCUT2D eigenvalue weighted by Crippen LogP contribution is -2.59. The van der Waals surface area contributed by atoms with E-state index in [4.69, 9.17) is 4.52 Å². The third kappa shape index (κ3) is 3.67. The van der Waals surface area contributed by atoms with Crippen molar-refractivity contribution in [2.45, 2.75) is 66.6 Å². The smallest absolute Gasteiger partial charge is 0.138 e. The standard InChI is InChI=1S/C17H31N3O/c1-7-12(4)16-10-20(17(8-18-16)11(2)3)9-15-13(5)19-21-14(15)6/h11-12,16-18H,7-10H2,1-6H3. The summed E-state index contributed by atoms with van der Waals surface area (Å²) in [5, 5.41) is 7.86. The van der Waals surface area contributed by atoms with Gasteiger partial charge in [-0.15, -0.1) is 0 Å². The molecule has 4 nitrogen and oxygen atoms in total. The largest absolute Gasteiger partial charge is 0.361 e. The van der Waals surface area contributed by atoms with Crippen LogP contribution in [0.1, 0.15) is 51.1 Å². The summed E-state index contributed by atoms with van der Waals surface area (Å²) in [6.07, 6.45) is 1.23. The van der Waals surface area contributed by atoms with Crippen LogP contribution < -0.4 is 5.32 Å². The van der Waals surface area contributed by atoms with Crippen LogP contribution in [-0.4, -0.2) is 35.2 Å². The van der Waals surface area contributed by atoms with Crippen molar-refractivity contribution in [1.29, 1.82) is 0 Å². The third-order valence-electron chi connectivity index (χ3n) is 5.13. The fourth-order valence-electron chi connectivity index (χ4n) is 3.29. The molecule has 21 heavy (non-hydrogen) atoms. The SMILES string of the molecule is CCC(C)C1CN(Cc2c(C)noc2C)C(C(C)C)CN1. The predicted molar refractivity (Wildman–Crippen MR) is 86.3 cm³/mol. The van der Waals surface area contributed by atoms with Crippen LogP contribution in [0.15, 0.2) is 4.52 Å². The average molecular weight is 293 g/mol. The Balaban J connectivity index is 2.14. The molecule has 0 aliphatic carbocycles. The molecule has 0 bridgehead atoms. The molecule has 0 amide bonds. The van der Waals surface area contributed by atoms with Crippen LogP contribution in [0.4, 0.5) is 0 Å². The molecule has 1 aliphatic heterocycles. The minimum atomic E-state index is 0.582. The quantitative estimate of drug-likeness (QED) is 0.905. The Labute approximate surface area is 129 Å². The molecule has 0 saturated carbocycles. The lowest BCUT2D eigenvalue weighted by Gasteiger charge is -2.44. The monoisotopic (exact) mass is 293 g/mol. The van der Waals surface area contributed by atoms with Crippen molar-refractivity contribution >= 4 is 0 Å². The first-order valence-electron chi connectivity index (χ1n) is 8.33. The molecule has 3 unspecified atom stereocenters. The number of rotatable bonds is 5. The van der Waals surface area contributed by atoms with Crippen LogP contribution in [0.3, 0.4) is 0 Å². The van der Waals surface area contributed by atoms with Gasteiger partial charge in [0, 0.05) is 37.3 Å². The third-order valence-corrected chi connectivity index (χ3v) is 5.13. The van der Waals surface area contributed by atoms with Crippen LogP contribution in [0.25, 0.3) is 0 Å². The van der Waals surface area contributed by atoms with Gasteiger partial charge < -0.3 is 9.84 Å². The number of hydrogen-bond acceptors (Lipinski definition) is 4. The molecule has 1 saturated heterocycles. The number of hydrogen-bond donors (Lipinski definition) is 1. The van der Waals surface area contributed by atoms with Crippen LogP contribution in [0, 0.1) is 25.7 Å². The van der Waals surface area contributed by atoms with Crippen LogP contribution in [0.5, 0.6) is 0 Å². The maximum atomic E-state index is 5.34. The molecule has 0 spiro atoms. The van der Waals surface area contributed by atoms with Gasteiger partial charge in [0.1, 0.15) is 5.76 Å². The summed E-state index contributed by atoms with van der Waals surface area (Å²) in [4.78, 5) is 2.63. The first kappa shape index (κ1) is 16.5. The van der Waals surface area contributed by atoms with Gasteiger partial charge in [-0.05, 0) is 25.7 Å². The van der Waals surface area contributed by atoms with Gasteiger partial charge >= 0.3 is 0 Å². The topological polar surface area (TPSA) is 41.3 Å². The zero-order chi connectivity index (χ0) is 15.6. The second kappa shape index (κ2) is 6.93. The highest BCUT2D eigenvalue weighted by Crippen LogP contribution is 2.24. The second-order valence-corrected chi connectivity index (χ2v) is 6.94. The van der Waals surface area contributed by atoms with Gasteiger partial charge in [0.05, 0.1) is 5.69 Å². The van der Waals surface area contributed by atoms with Gasteiger partial charge in [-0.1, -0.05) is 39.3 Å². The Morgan fingerprint density at radius 3 is 2.57 bits per heavy atom. The van der Waals surface area contributed by atoms with Gasteiger partial charge in [0.25, 0.3) is 0 Å². The Kier molecular flexibility index (Phi) is 5.44. The van der Waals surface area contributed by atoms with E-state index < -0.39 is 0 Å². The van der Waals surface area contributed by atoms with Crippen molar-refractivity contribution in [3.8, 4) is 0 Å². The molecular formula is C17H31N3O. The molecule has 2 heterocycles. The van der Waals surface area contributed by atoms with Crippen LogP contribution >= 0.6 is 0 Å². The van der Waals surface area contributed by atoms with Crippen LogP contribution in [-0.2, 0) is 6.54 Å². The van der Waals surface area contributed by atoms with E-state index in [1.54, 1.807) is 0 Å². The van der Waals surface area contributed by atoms with Crippen LogP contribution in [0.2, 0.25) is 0 Å². The minimum absolute atomic E-state index is 0.582. The van der Waals surface area contributed by atoms with Crippen molar-refractivity contribution in [3.05, 3.63) is 17.0 Å². The second-order valence-electron chi connectivity index (χ2n) is 6.94. The van der Waals surface area contributed by atoms with Crippen molar-refractivity contribution in [2.24, 2.45) is 11.8 Å². The van der Waals surface area contributed by atoms with E-state index in [1.807, 2.05) is 13.8 Å². The molecule has 2 rings (SSSR count). The van der Waals surface area contributed by atoms with Gasteiger partial charge in [-0.3, -0.25) is 4.90 Å². The molecule has 4 heteroatoms. The lowest BCUT2D eigenvalue weighted by atomic mass is 9.91. The van der Waals surface area contributed by atoms with Gasteiger partial charge in [-0.2, -0.15) is 0 Å². The highest BCUT2D eigenvalue weighted by atomic mass is 16.5. The summed E-state index contributed by atoms with van der Waals surface area (Å²) in [5.41, 5.74) is 2.30. The summed E-state index contributed by atoms with van der Waals surface area (Å²) in [6.45, 7) is 16.5. The van der Waals surface area contributed by atoms with E-state index in [-0.39, 0.29) is 0 Å². The maximum absolute atomic E-state index is 5.34. The fraction of sp³-hybridized carbons (Fsp3) is 0.824. The van der Waals surface area contributed by atoms with Crippen molar-refractivity contribution in [1.82, 2.24) is 15.4 Å². The fourth-order valence-corrected chi connectivity index (χ4v) is 3.29. The molecule has 1 aliphatic rings. The summed E-state index contributed by atoms with van der Waals surface area (Å²) >= 11 is 0. The van der Waals surface area contributed by atoms with Crippen molar-refractivity contribution in [2.75, 3.05) is 13.1 Å². The molecule has 1 N–H and O–H groups in total. The normalized spacial score (nSPS) is 25.5. The van der Waals surface area contributed by atoms with E-state index >= 15 is 0 Å². The molecule has 120 valence electrons. The van der Waals surface area contributed by atoms with Gasteiger partial charge in [0.15, 0.2) is 0 Å². The first-order chi connectivity index (χ1) is 9.93. The number of nitrogens with one attached hydrogen (secondary N) is 1. The van der Waals surface area contributed by atoms with E-state index in [9.17, 15) is 0 Å². The highest BCUT2D eigenvalue weighted by Gasteiger charge is 2.32. The zero-order valence-electron chi connectivity index (χ0n) is 14.4. The summed E-state index contributed by atoms with van der Waals surface area (Å²) < 4.78 is 5.34. The van der Waals surface area contributed by atoms with Gasteiger partial charge in [0.2, 0.25) is 0 Å². The number of aryl methyl sites for hydroxylation is 2. The Morgan fingerprint density at radius 2 is 2.05 bits per heavy atom. The maximum Gasteiger partial charge on any atom is 0.138 e. The first-order valence-corrected chi connectivity index (χ1v) is 8.33. The Hall–Kier alpha value is -0.870. The molecular weight excluding hydrogens is 262 g/mol. The number of nitrogens with zero attached hydrogens (tertiary/aromatic N) is 2. The zero-order valence-corrected chi connectivity index (χ0v) is 14.4. The molecule has 1 aromatic heterocycles. The summed E-state index contributed by atoms with van der Waals surface area (Å²) in [6, 6.07) is 1.17. The lowest BCUT2D eigenvalue weighted by molar-refractivity contribution is 0.0747. The number of aromatic nitrogens is 1. The summed E-state index contributed by atoms with van der Waals surface area (Å²) in [5.74, 6) is 2.33. The Bertz CT molecular complexity index is 435. The van der Waals surface area contributed by atoms with Crippen molar-refractivity contribution < 1.29 is 4.52 Å². The van der Waals surface area contributed by atoms with E-state index in [2.05, 4.69) is 43.1 Å². The van der Waals surface area contributed by atoms with E-state index in [1.165, 1.54) is 12.0 Å². The Morgan fingerprint density at radius 1 is 1.33 bits per heavy atom. The van der Waals surface area contributed by atoms with E-state index in [0.717, 1.165) is 31.1 Å². The number of piperazine rings is 1. The molecule has 1 aromatic rings. The predicted octanol–water partition coefficient (Wildman–Crippen LogP) is 3.14. The van der Waals surface area contributed by atoms with Crippen molar-refractivity contribution in [3.63, 3.8) is 0 Å². The minimum Gasteiger partial charge on any atom is -0.361 e. The van der Waals surface area contributed by atoms with Gasteiger partial charge in [-0.25, -0.2) is 0 Å². The summed E-state index contributed by atoms with van der Waals surface area (Å²) in [7, 11) is 0. The molecule has 0 aromatic carbocycles. The molecule has 1 fully saturated rings.